The van der Waals surface area contributed by atoms with E-state index in [4.69, 9.17) is 0 Å². The van der Waals surface area contributed by atoms with Gasteiger partial charge in [0.2, 0.25) is 0 Å². The largest absolute Gasteiger partial charge is 0.394 e. The Labute approximate surface area is 123 Å². The van der Waals surface area contributed by atoms with Crippen molar-refractivity contribution < 1.29 is 5.11 Å². The van der Waals surface area contributed by atoms with Gasteiger partial charge < -0.3 is 15.3 Å². The van der Waals surface area contributed by atoms with Gasteiger partial charge >= 0.3 is 0 Å². The lowest BCUT2D eigenvalue weighted by Gasteiger charge is -2.28. The Balaban J connectivity index is 1.93. The molecule has 0 atom stereocenters. The number of aliphatic hydroxyl groups excluding tert-OH is 1. The molecule has 20 heavy (non-hydrogen) atoms. The molecule has 1 aromatic carbocycles. The molecular weight excluding hydrogens is 248 g/mol. The third-order valence-corrected chi connectivity index (χ3v) is 4.60. The first kappa shape index (κ1) is 15.3. The molecular formula is C17H28N2O. The summed E-state index contributed by atoms with van der Waals surface area (Å²) in [7, 11) is 0. The molecule has 3 heteroatoms. The summed E-state index contributed by atoms with van der Waals surface area (Å²) in [6.45, 7) is 7.56. The summed E-state index contributed by atoms with van der Waals surface area (Å²) >= 11 is 0. The van der Waals surface area contributed by atoms with Crippen LogP contribution in [0.15, 0.2) is 24.3 Å². The minimum Gasteiger partial charge on any atom is -0.394 e. The van der Waals surface area contributed by atoms with E-state index in [-0.39, 0.29) is 12.1 Å². The van der Waals surface area contributed by atoms with E-state index in [2.05, 4.69) is 48.3 Å². The standard InChI is InChI=1S/C17H28N2O/c1-3-19(4-2)16-9-7-15(8-10-16)13-18-17(14-20)11-5-6-12-17/h7-10,18,20H,3-6,11-14H2,1-2H3. The maximum absolute atomic E-state index is 9.61. The van der Waals surface area contributed by atoms with Crippen LogP contribution in [-0.4, -0.2) is 30.3 Å². The summed E-state index contributed by atoms with van der Waals surface area (Å²) < 4.78 is 0. The number of aliphatic hydroxyl groups is 1. The van der Waals surface area contributed by atoms with Gasteiger partial charge in [0.25, 0.3) is 0 Å². The number of nitrogens with one attached hydrogen (secondary N) is 1. The zero-order valence-corrected chi connectivity index (χ0v) is 12.9. The van der Waals surface area contributed by atoms with E-state index in [0.717, 1.165) is 32.5 Å². The van der Waals surface area contributed by atoms with Gasteiger partial charge in [-0.15, -0.1) is 0 Å². The Hall–Kier alpha value is -1.06. The second-order valence-electron chi connectivity index (χ2n) is 5.84. The highest BCUT2D eigenvalue weighted by Crippen LogP contribution is 2.29. The molecule has 0 saturated heterocycles. The number of rotatable bonds is 7. The summed E-state index contributed by atoms with van der Waals surface area (Å²) in [5.74, 6) is 0. The number of nitrogens with zero attached hydrogens (tertiary/aromatic N) is 1. The van der Waals surface area contributed by atoms with Crippen LogP contribution in [0.25, 0.3) is 0 Å². The molecule has 112 valence electrons. The van der Waals surface area contributed by atoms with Crippen LogP contribution in [0, 0.1) is 0 Å². The van der Waals surface area contributed by atoms with Crippen molar-refractivity contribution in [1.82, 2.24) is 5.32 Å². The van der Waals surface area contributed by atoms with Crippen molar-refractivity contribution in [2.24, 2.45) is 0 Å². The molecule has 0 bridgehead atoms. The van der Waals surface area contributed by atoms with Crippen LogP contribution in [0.4, 0.5) is 5.69 Å². The number of hydrogen-bond acceptors (Lipinski definition) is 3. The van der Waals surface area contributed by atoms with E-state index in [1.54, 1.807) is 0 Å². The molecule has 0 heterocycles. The average molecular weight is 276 g/mol. The lowest BCUT2D eigenvalue weighted by atomic mass is 9.98. The number of benzene rings is 1. The minimum absolute atomic E-state index is 0.0302. The zero-order valence-electron chi connectivity index (χ0n) is 12.9. The fourth-order valence-electron chi connectivity index (χ4n) is 3.15. The number of hydrogen-bond donors (Lipinski definition) is 2. The molecule has 1 aliphatic rings. The van der Waals surface area contributed by atoms with Gasteiger partial charge in [-0.1, -0.05) is 25.0 Å². The first-order valence-corrected chi connectivity index (χ1v) is 7.93. The van der Waals surface area contributed by atoms with Crippen molar-refractivity contribution >= 4 is 5.69 Å². The summed E-state index contributed by atoms with van der Waals surface area (Å²) in [5, 5.41) is 13.2. The molecule has 0 amide bonds. The van der Waals surface area contributed by atoms with Gasteiger partial charge in [0.05, 0.1) is 6.61 Å². The van der Waals surface area contributed by atoms with Crippen LogP contribution < -0.4 is 10.2 Å². The summed E-state index contributed by atoms with van der Waals surface area (Å²) in [4.78, 5) is 2.35. The molecule has 0 spiro atoms. The van der Waals surface area contributed by atoms with Crippen LogP contribution in [0.2, 0.25) is 0 Å². The molecule has 2 N–H and O–H groups in total. The predicted molar refractivity (Wildman–Crippen MR) is 85.1 cm³/mol. The second-order valence-corrected chi connectivity index (χ2v) is 5.84. The molecule has 1 aromatic rings. The lowest BCUT2D eigenvalue weighted by Crippen LogP contribution is -2.45. The first-order valence-electron chi connectivity index (χ1n) is 7.93. The third-order valence-electron chi connectivity index (χ3n) is 4.60. The van der Waals surface area contributed by atoms with Crippen molar-refractivity contribution in [2.75, 3.05) is 24.6 Å². The van der Waals surface area contributed by atoms with Crippen LogP contribution in [-0.2, 0) is 6.54 Å². The van der Waals surface area contributed by atoms with Gasteiger partial charge in [0.15, 0.2) is 0 Å². The first-order chi connectivity index (χ1) is 9.73. The molecule has 1 saturated carbocycles. The third kappa shape index (κ3) is 3.53. The van der Waals surface area contributed by atoms with E-state index < -0.39 is 0 Å². The van der Waals surface area contributed by atoms with Gasteiger partial charge in [-0.25, -0.2) is 0 Å². The molecule has 0 radical (unpaired) electrons. The monoisotopic (exact) mass is 276 g/mol. The molecule has 1 aliphatic carbocycles. The van der Waals surface area contributed by atoms with E-state index >= 15 is 0 Å². The molecule has 0 aliphatic heterocycles. The van der Waals surface area contributed by atoms with Crippen molar-refractivity contribution in [3.05, 3.63) is 29.8 Å². The lowest BCUT2D eigenvalue weighted by molar-refractivity contribution is 0.163. The van der Waals surface area contributed by atoms with Crippen LogP contribution in [0.1, 0.15) is 45.1 Å². The quantitative estimate of drug-likeness (QED) is 0.804. The summed E-state index contributed by atoms with van der Waals surface area (Å²) in [5.41, 5.74) is 2.55. The second kappa shape index (κ2) is 7.09. The average Bonchev–Trinajstić information content (AvgIpc) is 2.97. The summed E-state index contributed by atoms with van der Waals surface area (Å²) in [6, 6.07) is 8.79. The Morgan fingerprint density at radius 3 is 2.20 bits per heavy atom. The maximum atomic E-state index is 9.61. The number of anilines is 1. The van der Waals surface area contributed by atoms with Gasteiger partial charge in [0, 0.05) is 30.9 Å². The van der Waals surface area contributed by atoms with Crippen molar-refractivity contribution in [1.29, 1.82) is 0 Å². The molecule has 0 aromatic heterocycles. The fourth-order valence-corrected chi connectivity index (χ4v) is 3.15. The van der Waals surface area contributed by atoms with E-state index in [0.29, 0.717) is 0 Å². The van der Waals surface area contributed by atoms with Crippen molar-refractivity contribution in [3.8, 4) is 0 Å². The van der Waals surface area contributed by atoms with Gasteiger partial charge in [-0.3, -0.25) is 0 Å². The SMILES string of the molecule is CCN(CC)c1ccc(CNC2(CO)CCCC2)cc1. The van der Waals surface area contributed by atoms with Crippen LogP contribution in [0.5, 0.6) is 0 Å². The zero-order chi connectivity index (χ0) is 14.4. The molecule has 1 fully saturated rings. The Bertz CT molecular complexity index is 392. The van der Waals surface area contributed by atoms with E-state index in [1.165, 1.54) is 24.1 Å². The van der Waals surface area contributed by atoms with Crippen molar-refractivity contribution in [3.63, 3.8) is 0 Å². The normalized spacial score (nSPS) is 17.4. The topological polar surface area (TPSA) is 35.5 Å². The van der Waals surface area contributed by atoms with Gasteiger partial charge in [-0.2, -0.15) is 0 Å². The minimum atomic E-state index is -0.0302. The van der Waals surface area contributed by atoms with Crippen molar-refractivity contribution in [2.45, 2.75) is 51.6 Å². The Morgan fingerprint density at radius 2 is 1.70 bits per heavy atom. The highest BCUT2D eigenvalue weighted by Gasteiger charge is 2.32. The Morgan fingerprint density at radius 1 is 1.10 bits per heavy atom. The smallest absolute Gasteiger partial charge is 0.0613 e. The maximum Gasteiger partial charge on any atom is 0.0613 e. The molecule has 2 rings (SSSR count). The van der Waals surface area contributed by atoms with Gasteiger partial charge in [-0.05, 0) is 44.4 Å². The predicted octanol–water partition coefficient (Wildman–Crippen LogP) is 2.93. The Kier molecular flexibility index (Phi) is 5.44. The van der Waals surface area contributed by atoms with Crippen LogP contribution in [0.3, 0.4) is 0 Å². The van der Waals surface area contributed by atoms with E-state index in [9.17, 15) is 5.11 Å². The van der Waals surface area contributed by atoms with E-state index in [1.807, 2.05) is 0 Å². The highest BCUT2D eigenvalue weighted by molar-refractivity contribution is 5.47. The molecule has 0 unspecified atom stereocenters. The fraction of sp³-hybridized carbons (Fsp3) is 0.647. The van der Waals surface area contributed by atoms with Crippen LogP contribution >= 0.6 is 0 Å². The summed E-state index contributed by atoms with van der Waals surface area (Å²) in [6.07, 6.45) is 4.66. The van der Waals surface area contributed by atoms with Gasteiger partial charge in [0.1, 0.15) is 0 Å². The highest BCUT2D eigenvalue weighted by atomic mass is 16.3. The molecule has 3 nitrogen and oxygen atoms in total.